The zero-order valence-corrected chi connectivity index (χ0v) is 9.95. The van der Waals surface area contributed by atoms with Crippen LogP contribution in [0.4, 0.5) is 0 Å². The summed E-state index contributed by atoms with van der Waals surface area (Å²) in [6, 6.07) is 0. The SMILES string of the molecule is CC1(O)CCN(CC2COCCC2=O)CC1. The van der Waals surface area contributed by atoms with Crippen LogP contribution in [0.15, 0.2) is 0 Å². The summed E-state index contributed by atoms with van der Waals surface area (Å²) in [5.74, 6) is 0.389. The number of hydrogen-bond acceptors (Lipinski definition) is 4. The van der Waals surface area contributed by atoms with Gasteiger partial charge in [-0.05, 0) is 19.8 Å². The number of piperidine rings is 1. The molecule has 4 heteroatoms. The van der Waals surface area contributed by atoms with Gasteiger partial charge in [-0.15, -0.1) is 0 Å². The van der Waals surface area contributed by atoms with Crippen molar-refractivity contribution in [1.82, 2.24) is 4.90 Å². The van der Waals surface area contributed by atoms with Gasteiger partial charge >= 0.3 is 0 Å². The van der Waals surface area contributed by atoms with Crippen molar-refractivity contribution in [2.45, 2.75) is 31.8 Å². The van der Waals surface area contributed by atoms with E-state index in [0.717, 1.165) is 32.5 Å². The molecule has 0 saturated carbocycles. The fourth-order valence-electron chi connectivity index (χ4n) is 2.38. The number of Topliss-reactive ketones (excluding diaryl/α,β-unsaturated/α-hetero) is 1. The Morgan fingerprint density at radius 2 is 2.19 bits per heavy atom. The van der Waals surface area contributed by atoms with Gasteiger partial charge in [-0.3, -0.25) is 4.79 Å². The molecule has 0 spiro atoms. The summed E-state index contributed by atoms with van der Waals surface area (Å²) in [4.78, 5) is 13.9. The summed E-state index contributed by atoms with van der Waals surface area (Å²) in [6.45, 7) is 5.62. The van der Waals surface area contributed by atoms with Crippen molar-refractivity contribution >= 4 is 5.78 Å². The third-order valence-corrected chi connectivity index (χ3v) is 3.68. The minimum absolute atomic E-state index is 0.0526. The Balaban J connectivity index is 1.80. The Morgan fingerprint density at radius 1 is 1.50 bits per heavy atom. The summed E-state index contributed by atoms with van der Waals surface area (Å²) >= 11 is 0. The Labute approximate surface area is 96.6 Å². The van der Waals surface area contributed by atoms with Crippen LogP contribution in [-0.4, -0.2) is 54.2 Å². The number of ether oxygens (including phenoxy) is 1. The van der Waals surface area contributed by atoms with Crippen molar-refractivity contribution in [3.8, 4) is 0 Å². The van der Waals surface area contributed by atoms with Crippen LogP contribution in [0.25, 0.3) is 0 Å². The van der Waals surface area contributed by atoms with Crippen molar-refractivity contribution in [2.75, 3.05) is 32.8 Å². The molecule has 2 saturated heterocycles. The highest BCUT2D eigenvalue weighted by molar-refractivity contribution is 5.82. The number of rotatable bonds is 2. The van der Waals surface area contributed by atoms with E-state index in [1.165, 1.54) is 0 Å². The fraction of sp³-hybridized carbons (Fsp3) is 0.917. The van der Waals surface area contributed by atoms with E-state index < -0.39 is 5.60 Å². The number of likely N-dealkylation sites (tertiary alicyclic amines) is 1. The van der Waals surface area contributed by atoms with Gasteiger partial charge in [0, 0.05) is 26.1 Å². The monoisotopic (exact) mass is 227 g/mol. The highest BCUT2D eigenvalue weighted by Crippen LogP contribution is 2.22. The maximum absolute atomic E-state index is 11.6. The number of ketones is 1. The summed E-state index contributed by atoms with van der Waals surface area (Å²) in [5.41, 5.74) is -0.510. The molecule has 0 aromatic carbocycles. The van der Waals surface area contributed by atoms with Crippen LogP contribution in [0.3, 0.4) is 0 Å². The van der Waals surface area contributed by atoms with E-state index in [2.05, 4.69) is 4.90 Å². The average molecular weight is 227 g/mol. The third kappa shape index (κ3) is 3.03. The number of hydrogen-bond donors (Lipinski definition) is 1. The molecule has 2 fully saturated rings. The normalized spacial score (nSPS) is 31.6. The van der Waals surface area contributed by atoms with Crippen LogP contribution < -0.4 is 0 Å². The zero-order chi connectivity index (χ0) is 11.6. The quantitative estimate of drug-likeness (QED) is 0.743. The number of nitrogens with zero attached hydrogens (tertiary/aromatic N) is 1. The zero-order valence-electron chi connectivity index (χ0n) is 9.95. The van der Waals surface area contributed by atoms with Gasteiger partial charge in [-0.2, -0.15) is 0 Å². The number of carbonyl (C=O) groups is 1. The second-order valence-electron chi connectivity index (χ2n) is 5.29. The molecule has 0 aliphatic carbocycles. The van der Waals surface area contributed by atoms with Crippen LogP contribution in [0.5, 0.6) is 0 Å². The molecule has 0 amide bonds. The molecule has 2 rings (SSSR count). The van der Waals surface area contributed by atoms with Gasteiger partial charge in [-0.1, -0.05) is 0 Å². The smallest absolute Gasteiger partial charge is 0.141 e. The lowest BCUT2D eigenvalue weighted by molar-refractivity contribution is -0.131. The highest BCUT2D eigenvalue weighted by atomic mass is 16.5. The van der Waals surface area contributed by atoms with Gasteiger partial charge in [0.2, 0.25) is 0 Å². The van der Waals surface area contributed by atoms with E-state index in [0.29, 0.717) is 25.4 Å². The minimum Gasteiger partial charge on any atom is -0.390 e. The number of carbonyl (C=O) groups excluding carboxylic acids is 1. The Bertz CT molecular complexity index is 255. The lowest BCUT2D eigenvalue weighted by Gasteiger charge is -2.37. The lowest BCUT2D eigenvalue weighted by atomic mass is 9.92. The predicted octanol–water partition coefficient (Wildman–Crippen LogP) is 0.439. The molecule has 0 radical (unpaired) electrons. The molecule has 2 heterocycles. The van der Waals surface area contributed by atoms with Crippen LogP contribution >= 0.6 is 0 Å². The van der Waals surface area contributed by atoms with Crippen LogP contribution in [0.1, 0.15) is 26.2 Å². The lowest BCUT2D eigenvalue weighted by Crippen LogP contribution is -2.46. The van der Waals surface area contributed by atoms with Crippen LogP contribution in [0.2, 0.25) is 0 Å². The molecule has 16 heavy (non-hydrogen) atoms. The maximum Gasteiger partial charge on any atom is 0.141 e. The molecular weight excluding hydrogens is 206 g/mol. The first-order valence-corrected chi connectivity index (χ1v) is 6.12. The molecule has 1 unspecified atom stereocenters. The van der Waals surface area contributed by atoms with E-state index in [9.17, 15) is 9.90 Å². The molecule has 1 atom stereocenters. The Morgan fingerprint density at radius 3 is 2.81 bits per heavy atom. The molecule has 4 nitrogen and oxygen atoms in total. The predicted molar refractivity (Wildman–Crippen MR) is 60.2 cm³/mol. The second kappa shape index (κ2) is 4.82. The standard InChI is InChI=1S/C12H21NO3/c1-12(15)3-5-13(6-4-12)8-10-9-16-7-2-11(10)14/h10,15H,2-9H2,1H3. The summed E-state index contributed by atoms with van der Waals surface area (Å²) in [6.07, 6.45) is 2.17. The Hall–Kier alpha value is -0.450. The van der Waals surface area contributed by atoms with Gasteiger partial charge in [-0.25, -0.2) is 0 Å². The summed E-state index contributed by atoms with van der Waals surface area (Å²) in [5, 5.41) is 9.83. The highest BCUT2D eigenvalue weighted by Gasteiger charge is 2.30. The largest absolute Gasteiger partial charge is 0.390 e. The fourth-order valence-corrected chi connectivity index (χ4v) is 2.38. The molecule has 0 aromatic rings. The van der Waals surface area contributed by atoms with Gasteiger partial charge in [0.25, 0.3) is 0 Å². The molecule has 0 aromatic heterocycles. The minimum atomic E-state index is -0.510. The molecule has 0 bridgehead atoms. The van der Waals surface area contributed by atoms with Gasteiger partial charge in [0.15, 0.2) is 0 Å². The van der Waals surface area contributed by atoms with E-state index in [4.69, 9.17) is 4.74 Å². The first kappa shape index (κ1) is 12.0. The molecule has 1 N–H and O–H groups in total. The average Bonchev–Trinajstić information content (AvgIpc) is 2.24. The van der Waals surface area contributed by atoms with Gasteiger partial charge < -0.3 is 14.7 Å². The molecule has 2 aliphatic heterocycles. The van der Waals surface area contributed by atoms with Gasteiger partial charge in [0.05, 0.1) is 24.7 Å². The first-order valence-electron chi connectivity index (χ1n) is 6.12. The van der Waals surface area contributed by atoms with Crippen molar-refractivity contribution in [3.63, 3.8) is 0 Å². The van der Waals surface area contributed by atoms with E-state index >= 15 is 0 Å². The third-order valence-electron chi connectivity index (χ3n) is 3.68. The van der Waals surface area contributed by atoms with Crippen molar-refractivity contribution in [1.29, 1.82) is 0 Å². The summed E-state index contributed by atoms with van der Waals surface area (Å²) < 4.78 is 5.34. The van der Waals surface area contributed by atoms with E-state index in [1.807, 2.05) is 6.92 Å². The summed E-state index contributed by atoms with van der Waals surface area (Å²) in [7, 11) is 0. The van der Waals surface area contributed by atoms with Crippen LogP contribution in [-0.2, 0) is 9.53 Å². The van der Waals surface area contributed by atoms with Crippen molar-refractivity contribution in [2.24, 2.45) is 5.92 Å². The molecule has 92 valence electrons. The van der Waals surface area contributed by atoms with E-state index in [1.54, 1.807) is 0 Å². The topological polar surface area (TPSA) is 49.8 Å². The van der Waals surface area contributed by atoms with Crippen molar-refractivity contribution in [3.05, 3.63) is 0 Å². The molecular formula is C12H21NO3. The second-order valence-corrected chi connectivity index (χ2v) is 5.29. The van der Waals surface area contributed by atoms with Gasteiger partial charge in [0.1, 0.15) is 5.78 Å². The van der Waals surface area contributed by atoms with E-state index in [-0.39, 0.29) is 5.92 Å². The molecule has 2 aliphatic rings. The Kier molecular flexibility index (Phi) is 3.62. The van der Waals surface area contributed by atoms with Crippen molar-refractivity contribution < 1.29 is 14.6 Å². The first-order chi connectivity index (χ1) is 7.57. The maximum atomic E-state index is 11.6. The van der Waals surface area contributed by atoms with Crippen LogP contribution in [0, 0.1) is 5.92 Å². The number of aliphatic hydroxyl groups is 1.